The lowest BCUT2D eigenvalue weighted by molar-refractivity contribution is 0.326. The van der Waals surface area contributed by atoms with E-state index < -0.39 is 9.84 Å². The van der Waals surface area contributed by atoms with E-state index >= 15 is 0 Å². The summed E-state index contributed by atoms with van der Waals surface area (Å²) in [4.78, 5) is 0. The van der Waals surface area contributed by atoms with Crippen molar-refractivity contribution in [3.8, 4) is 0 Å². The van der Waals surface area contributed by atoms with Gasteiger partial charge in [0.2, 0.25) is 0 Å². The monoisotopic (exact) mass is 229 g/mol. The standard InChI is InChI=1S/C11H19NO2S/c13-15(14)4-3-10(7-15)12-11-6-8-1-2-9(11)5-8/h8-12H,1-7H2/t8-,9-,10-,11+/m0/s1. The van der Waals surface area contributed by atoms with Crippen LogP contribution in [0.5, 0.6) is 0 Å². The van der Waals surface area contributed by atoms with Crippen molar-refractivity contribution in [1.29, 1.82) is 0 Å². The van der Waals surface area contributed by atoms with Crippen molar-refractivity contribution in [1.82, 2.24) is 5.32 Å². The SMILES string of the molecule is O=S1(=O)CC[C@H](N[C@@H]2C[C@H]3CC[C@H]2C3)C1. The molecule has 0 aromatic carbocycles. The molecule has 0 radical (unpaired) electrons. The average molecular weight is 229 g/mol. The van der Waals surface area contributed by atoms with Crippen molar-refractivity contribution < 1.29 is 8.42 Å². The maximum atomic E-state index is 11.3. The van der Waals surface area contributed by atoms with Crippen LogP contribution in [0.2, 0.25) is 0 Å². The van der Waals surface area contributed by atoms with E-state index in [4.69, 9.17) is 0 Å². The third-order valence-electron chi connectivity index (χ3n) is 4.42. The summed E-state index contributed by atoms with van der Waals surface area (Å²) in [5, 5.41) is 3.59. The number of sulfone groups is 1. The van der Waals surface area contributed by atoms with Gasteiger partial charge in [-0.3, -0.25) is 0 Å². The van der Waals surface area contributed by atoms with E-state index in [1.807, 2.05) is 0 Å². The first-order valence-corrected chi connectivity index (χ1v) is 7.91. The van der Waals surface area contributed by atoms with Gasteiger partial charge in [-0.15, -0.1) is 0 Å². The highest BCUT2D eigenvalue weighted by molar-refractivity contribution is 7.91. The first-order chi connectivity index (χ1) is 7.12. The molecule has 0 spiro atoms. The summed E-state index contributed by atoms with van der Waals surface area (Å²) in [7, 11) is -2.71. The summed E-state index contributed by atoms with van der Waals surface area (Å²) in [5.41, 5.74) is 0. The van der Waals surface area contributed by atoms with Crippen molar-refractivity contribution in [2.45, 2.75) is 44.2 Å². The highest BCUT2D eigenvalue weighted by Crippen LogP contribution is 2.44. The molecule has 1 aliphatic heterocycles. The molecule has 15 heavy (non-hydrogen) atoms. The van der Waals surface area contributed by atoms with Crippen LogP contribution in [0.25, 0.3) is 0 Å². The van der Waals surface area contributed by atoms with Gasteiger partial charge in [0, 0.05) is 12.1 Å². The Kier molecular flexibility index (Phi) is 2.32. The average Bonchev–Trinajstić information content (AvgIpc) is 2.81. The lowest BCUT2D eigenvalue weighted by atomic mass is 9.94. The Hall–Kier alpha value is -0.0900. The van der Waals surface area contributed by atoms with Crippen LogP contribution < -0.4 is 5.32 Å². The maximum absolute atomic E-state index is 11.3. The van der Waals surface area contributed by atoms with Gasteiger partial charge in [-0.2, -0.15) is 0 Å². The first kappa shape index (κ1) is 10.1. The summed E-state index contributed by atoms with van der Waals surface area (Å²) < 4.78 is 22.7. The second-order valence-corrected chi connectivity index (χ2v) is 7.78. The number of hydrogen-bond acceptors (Lipinski definition) is 3. The van der Waals surface area contributed by atoms with Gasteiger partial charge in [0.15, 0.2) is 9.84 Å². The van der Waals surface area contributed by atoms with E-state index in [0.717, 1.165) is 18.3 Å². The molecule has 2 bridgehead atoms. The minimum atomic E-state index is -2.71. The van der Waals surface area contributed by atoms with Crippen LogP contribution in [0.1, 0.15) is 32.1 Å². The summed E-state index contributed by atoms with van der Waals surface area (Å²) in [5.74, 6) is 2.55. The van der Waals surface area contributed by atoms with E-state index in [-0.39, 0.29) is 6.04 Å². The zero-order valence-corrected chi connectivity index (χ0v) is 9.80. The molecule has 1 N–H and O–H groups in total. The molecule has 0 amide bonds. The second-order valence-electron chi connectivity index (χ2n) is 5.55. The molecule has 0 aromatic heterocycles. The van der Waals surface area contributed by atoms with Gasteiger partial charge in [-0.05, 0) is 37.5 Å². The molecule has 3 nitrogen and oxygen atoms in total. The van der Waals surface area contributed by atoms with Crippen LogP contribution in [-0.2, 0) is 9.84 Å². The Balaban J connectivity index is 1.58. The predicted molar refractivity (Wildman–Crippen MR) is 59.4 cm³/mol. The molecule has 4 atom stereocenters. The quantitative estimate of drug-likeness (QED) is 0.767. The van der Waals surface area contributed by atoms with E-state index in [1.54, 1.807) is 0 Å². The molecule has 1 saturated heterocycles. The van der Waals surface area contributed by atoms with Gasteiger partial charge in [-0.25, -0.2) is 8.42 Å². The van der Waals surface area contributed by atoms with Gasteiger partial charge < -0.3 is 5.32 Å². The van der Waals surface area contributed by atoms with Crippen LogP contribution >= 0.6 is 0 Å². The Morgan fingerprint density at radius 1 is 1.07 bits per heavy atom. The number of fused-ring (bicyclic) bond motifs is 2. The minimum Gasteiger partial charge on any atom is -0.310 e. The molecular formula is C11H19NO2S. The highest BCUT2D eigenvalue weighted by Gasteiger charge is 2.41. The molecule has 2 saturated carbocycles. The van der Waals surface area contributed by atoms with Gasteiger partial charge in [0.05, 0.1) is 11.5 Å². The van der Waals surface area contributed by atoms with Crippen LogP contribution in [0, 0.1) is 11.8 Å². The molecule has 3 rings (SSSR count). The molecular weight excluding hydrogens is 210 g/mol. The summed E-state index contributed by atoms with van der Waals surface area (Å²) >= 11 is 0. The Morgan fingerprint density at radius 3 is 2.47 bits per heavy atom. The van der Waals surface area contributed by atoms with E-state index in [0.29, 0.717) is 17.5 Å². The molecule has 4 heteroatoms. The summed E-state index contributed by atoms with van der Waals surface area (Å²) in [6.45, 7) is 0. The lowest BCUT2D eigenvalue weighted by Gasteiger charge is -2.25. The molecule has 86 valence electrons. The van der Waals surface area contributed by atoms with E-state index in [9.17, 15) is 8.42 Å². The zero-order chi connectivity index (χ0) is 10.5. The fraction of sp³-hybridized carbons (Fsp3) is 1.00. The number of nitrogens with one attached hydrogen (secondary N) is 1. The summed E-state index contributed by atoms with van der Waals surface area (Å²) in [6, 6.07) is 0.876. The number of rotatable bonds is 2. The Labute approximate surface area is 91.5 Å². The Bertz CT molecular complexity index is 352. The second kappa shape index (κ2) is 3.45. The van der Waals surface area contributed by atoms with Crippen molar-refractivity contribution in [3.63, 3.8) is 0 Å². The molecule has 0 aromatic rings. The molecule has 3 fully saturated rings. The molecule has 3 aliphatic rings. The fourth-order valence-corrected chi connectivity index (χ4v) is 5.36. The maximum Gasteiger partial charge on any atom is 0.151 e. The van der Waals surface area contributed by atoms with Crippen LogP contribution in [0.15, 0.2) is 0 Å². The lowest BCUT2D eigenvalue weighted by Crippen LogP contribution is -2.41. The minimum absolute atomic E-state index is 0.249. The molecule has 2 aliphatic carbocycles. The van der Waals surface area contributed by atoms with Crippen molar-refractivity contribution >= 4 is 9.84 Å². The third-order valence-corrected chi connectivity index (χ3v) is 6.19. The first-order valence-electron chi connectivity index (χ1n) is 6.09. The fourth-order valence-electron chi connectivity index (χ4n) is 3.68. The smallest absolute Gasteiger partial charge is 0.151 e. The predicted octanol–water partition coefficient (Wildman–Crippen LogP) is 0.952. The van der Waals surface area contributed by atoms with Crippen molar-refractivity contribution in [2.24, 2.45) is 11.8 Å². The largest absolute Gasteiger partial charge is 0.310 e. The highest BCUT2D eigenvalue weighted by atomic mass is 32.2. The normalized spacial score (nSPS) is 47.5. The van der Waals surface area contributed by atoms with Crippen LogP contribution in [0.3, 0.4) is 0 Å². The van der Waals surface area contributed by atoms with Crippen molar-refractivity contribution in [3.05, 3.63) is 0 Å². The Morgan fingerprint density at radius 2 is 1.93 bits per heavy atom. The van der Waals surface area contributed by atoms with Gasteiger partial charge >= 0.3 is 0 Å². The topological polar surface area (TPSA) is 46.2 Å². The van der Waals surface area contributed by atoms with Crippen LogP contribution in [0.4, 0.5) is 0 Å². The van der Waals surface area contributed by atoms with Gasteiger partial charge in [0.1, 0.15) is 0 Å². The van der Waals surface area contributed by atoms with Crippen molar-refractivity contribution in [2.75, 3.05) is 11.5 Å². The van der Waals surface area contributed by atoms with Gasteiger partial charge in [-0.1, -0.05) is 6.42 Å². The zero-order valence-electron chi connectivity index (χ0n) is 8.98. The third kappa shape index (κ3) is 1.94. The van der Waals surface area contributed by atoms with E-state index in [1.165, 1.54) is 25.7 Å². The van der Waals surface area contributed by atoms with Gasteiger partial charge in [0.25, 0.3) is 0 Å². The molecule has 0 unspecified atom stereocenters. The van der Waals surface area contributed by atoms with E-state index in [2.05, 4.69) is 5.32 Å². The summed E-state index contributed by atoms with van der Waals surface area (Å²) in [6.07, 6.45) is 6.28. The molecule has 1 heterocycles. The van der Waals surface area contributed by atoms with Crippen LogP contribution in [-0.4, -0.2) is 32.0 Å². The number of hydrogen-bond donors (Lipinski definition) is 1.